The fourth-order valence-electron chi connectivity index (χ4n) is 4.21. The van der Waals surface area contributed by atoms with Gasteiger partial charge in [-0.2, -0.15) is 13.2 Å². The van der Waals surface area contributed by atoms with Crippen molar-refractivity contribution in [1.29, 1.82) is 0 Å². The zero-order valence-electron chi connectivity index (χ0n) is 14.5. The van der Waals surface area contributed by atoms with Crippen LogP contribution >= 0.6 is 0 Å². The minimum atomic E-state index is -5.07. The van der Waals surface area contributed by atoms with Crippen molar-refractivity contribution in [2.24, 2.45) is 0 Å². The Kier molecular flexibility index (Phi) is 3.37. The molecule has 0 aliphatic carbocycles. The summed E-state index contributed by atoms with van der Waals surface area (Å²) in [6.45, 7) is 0.230. The molecule has 5 nitrogen and oxygen atoms in total. The maximum absolute atomic E-state index is 13.5. The Morgan fingerprint density at radius 3 is 2.57 bits per heavy atom. The lowest BCUT2D eigenvalue weighted by Crippen LogP contribution is -2.56. The minimum absolute atomic E-state index is 0.0254. The van der Waals surface area contributed by atoms with Gasteiger partial charge in [-0.25, -0.2) is 0 Å². The Balaban J connectivity index is 1.78. The highest BCUT2D eigenvalue weighted by molar-refractivity contribution is 6.09. The third kappa shape index (κ3) is 2.20. The average molecular weight is 385 g/mol. The Hall–Kier alpha value is -3.29. The number of benzene rings is 2. The van der Waals surface area contributed by atoms with Gasteiger partial charge in [0.1, 0.15) is 0 Å². The number of nitrogens with one attached hydrogen (secondary N) is 1. The number of para-hydroxylation sites is 2. The van der Waals surface area contributed by atoms with E-state index in [4.69, 9.17) is 0 Å². The molecule has 0 saturated heterocycles. The van der Waals surface area contributed by atoms with Crippen LogP contribution in [0.4, 0.5) is 18.9 Å². The maximum Gasteiger partial charge on any atom is 0.471 e. The summed E-state index contributed by atoms with van der Waals surface area (Å²) in [6.07, 6.45) is -5.73. The number of anilines is 1. The van der Waals surface area contributed by atoms with Crippen molar-refractivity contribution in [3.8, 4) is 0 Å². The highest BCUT2D eigenvalue weighted by atomic mass is 19.4. The smallest absolute Gasteiger partial charge is 0.355 e. The van der Waals surface area contributed by atoms with E-state index >= 15 is 0 Å². The van der Waals surface area contributed by atoms with Gasteiger partial charge in [-0.1, -0.05) is 30.3 Å². The molecule has 2 aliphatic heterocycles. The summed E-state index contributed by atoms with van der Waals surface area (Å²) in [5.74, 6) is -2.37. The average Bonchev–Trinajstić information content (AvgIpc) is 3.06. The summed E-state index contributed by atoms with van der Waals surface area (Å²) in [5.41, 5.74) is 2.12. The van der Waals surface area contributed by atoms with Crippen molar-refractivity contribution < 1.29 is 22.8 Å². The molecule has 5 rings (SSSR count). The van der Waals surface area contributed by atoms with Crippen molar-refractivity contribution in [2.45, 2.75) is 18.8 Å². The Morgan fingerprint density at radius 2 is 1.79 bits per heavy atom. The molecular formula is C20H14F3N3O2. The van der Waals surface area contributed by atoms with Gasteiger partial charge in [-0.15, -0.1) is 0 Å². The van der Waals surface area contributed by atoms with Crippen molar-refractivity contribution in [3.63, 3.8) is 0 Å². The standard InChI is InChI=1S/C20H14F3N3O2/c21-20(22,23)19(28)26-15-8-4-2-6-13(15)18(27)25-10-9-12-11-5-1-3-7-14(11)24-16(12)17(25)26/h1-8,17,24H,9-10H2. The number of aromatic amines is 1. The number of hydrogen-bond donors (Lipinski definition) is 1. The van der Waals surface area contributed by atoms with Gasteiger partial charge in [-0.05, 0) is 30.2 Å². The van der Waals surface area contributed by atoms with E-state index in [0.717, 1.165) is 16.5 Å². The number of carbonyl (C=O) groups excluding carboxylic acids is 2. The number of rotatable bonds is 0. The predicted octanol–water partition coefficient (Wildman–Crippen LogP) is 3.77. The van der Waals surface area contributed by atoms with Gasteiger partial charge in [0.2, 0.25) is 0 Å². The van der Waals surface area contributed by atoms with E-state index in [2.05, 4.69) is 4.98 Å². The Morgan fingerprint density at radius 1 is 1.07 bits per heavy atom. The van der Waals surface area contributed by atoms with Crippen LogP contribution < -0.4 is 4.90 Å². The molecule has 2 aliphatic rings. The molecule has 8 heteroatoms. The van der Waals surface area contributed by atoms with Gasteiger partial charge in [0.05, 0.1) is 16.9 Å². The molecule has 0 spiro atoms. The van der Waals surface area contributed by atoms with Gasteiger partial charge < -0.3 is 9.88 Å². The first-order valence-electron chi connectivity index (χ1n) is 8.78. The Bertz CT molecular complexity index is 1140. The van der Waals surface area contributed by atoms with Gasteiger partial charge in [0.25, 0.3) is 5.91 Å². The second-order valence-corrected chi connectivity index (χ2v) is 6.88. The lowest BCUT2D eigenvalue weighted by Gasteiger charge is -2.46. The number of alkyl halides is 3. The van der Waals surface area contributed by atoms with E-state index in [-0.39, 0.29) is 23.7 Å². The van der Waals surface area contributed by atoms with E-state index in [0.29, 0.717) is 17.0 Å². The highest BCUT2D eigenvalue weighted by Crippen LogP contribution is 2.45. The normalized spacial score (nSPS) is 18.7. The van der Waals surface area contributed by atoms with E-state index in [1.807, 2.05) is 24.3 Å². The van der Waals surface area contributed by atoms with Gasteiger partial charge in [0.15, 0.2) is 6.17 Å². The molecule has 1 aromatic heterocycles. The van der Waals surface area contributed by atoms with Crippen LogP contribution in [0, 0.1) is 0 Å². The number of aromatic nitrogens is 1. The quantitative estimate of drug-likeness (QED) is 0.640. The summed E-state index contributed by atoms with van der Waals surface area (Å²) in [5, 5.41) is 0.892. The minimum Gasteiger partial charge on any atom is -0.355 e. The van der Waals surface area contributed by atoms with Crippen LogP contribution in [0.2, 0.25) is 0 Å². The summed E-state index contributed by atoms with van der Waals surface area (Å²) in [7, 11) is 0. The molecule has 0 fully saturated rings. The van der Waals surface area contributed by atoms with E-state index in [1.54, 1.807) is 6.07 Å². The number of halogens is 3. The lowest BCUT2D eigenvalue weighted by atomic mass is 9.95. The third-order valence-electron chi connectivity index (χ3n) is 5.36. The largest absolute Gasteiger partial charge is 0.471 e. The van der Waals surface area contributed by atoms with Crippen LogP contribution in [0.5, 0.6) is 0 Å². The molecule has 0 saturated carbocycles. The molecule has 2 aromatic carbocycles. The number of nitrogens with zero attached hydrogens (tertiary/aromatic N) is 2. The Labute approximate surface area is 157 Å². The summed E-state index contributed by atoms with van der Waals surface area (Å²) in [6, 6.07) is 13.3. The monoisotopic (exact) mass is 385 g/mol. The molecular weight excluding hydrogens is 371 g/mol. The predicted molar refractivity (Wildman–Crippen MR) is 95.8 cm³/mol. The molecule has 3 aromatic rings. The number of H-pyrrole nitrogens is 1. The van der Waals surface area contributed by atoms with Crippen molar-refractivity contribution in [2.75, 3.05) is 11.4 Å². The lowest BCUT2D eigenvalue weighted by molar-refractivity contribution is -0.172. The number of hydrogen-bond acceptors (Lipinski definition) is 2. The van der Waals surface area contributed by atoms with Crippen LogP contribution in [0.3, 0.4) is 0 Å². The third-order valence-corrected chi connectivity index (χ3v) is 5.36. The van der Waals surface area contributed by atoms with Crippen LogP contribution in [0.15, 0.2) is 48.5 Å². The number of carbonyl (C=O) groups is 2. The van der Waals surface area contributed by atoms with Crippen molar-refractivity contribution in [1.82, 2.24) is 9.88 Å². The van der Waals surface area contributed by atoms with Gasteiger partial charge in [0, 0.05) is 17.4 Å². The molecule has 3 heterocycles. The first kappa shape index (κ1) is 16.9. The van der Waals surface area contributed by atoms with Gasteiger partial charge >= 0.3 is 12.1 Å². The van der Waals surface area contributed by atoms with E-state index < -0.39 is 18.2 Å². The molecule has 28 heavy (non-hydrogen) atoms. The zero-order chi connectivity index (χ0) is 19.6. The number of fused-ring (bicyclic) bond motifs is 6. The SMILES string of the molecule is O=C1c2ccccc2N(C(=O)C(F)(F)F)C2c3[nH]c4ccccc4c3CCN12. The molecule has 1 N–H and O–H groups in total. The fourth-order valence-corrected chi connectivity index (χ4v) is 4.21. The highest BCUT2D eigenvalue weighted by Gasteiger charge is 2.52. The second kappa shape index (κ2) is 5.60. The van der Waals surface area contributed by atoms with Crippen molar-refractivity contribution >= 4 is 28.4 Å². The molecule has 1 unspecified atom stereocenters. The second-order valence-electron chi connectivity index (χ2n) is 6.88. The van der Waals surface area contributed by atoms with Crippen LogP contribution in [0.25, 0.3) is 10.9 Å². The topological polar surface area (TPSA) is 56.4 Å². The molecule has 142 valence electrons. The van der Waals surface area contributed by atoms with Crippen molar-refractivity contribution in [3.05, 3.63) is 65.4 Å². The molecule has 1 atom stereocenters. The van der Waals surface area contributed by atoms with Crippen LogP contribution in [0.1, 0.15) is 27.8 Å². The van der Waals surface area contributed by atoms with Crippen LogP contribution in [-0.2, 0) is 11.2 Å². The van der Waals surface area contributed by atoms with Gasteiger partial charge in [-0.3, -0.25) is 14.5 Å². The van der Waals surface area contributed by atoms with E-state index in [9.17, 15) is 22.8 Å². The summed E-state index contributed by atoms with van der Waals surface area (Å²) >= 11 is 0. The fraction of sp³-hybridized carbons (Fsp3) is 0.200. The first-order valence-corrected chi connectivity index (χ1v) is 8.78. The molecule has 2 amide bonds. The first-order chi connectivity index (χ1) is 13.4. The summed E-state index contributed by atoms with van der Waals surface area (Å²) in [4.78, 5) is 30.6. The van der Waals surface area contributed by atoms with Crippen LogP contribution in [-0.4, -0.2) is 34.4 Å². The maximum atomic E-state index is 13.5. The number of amides is 2. The summed E-state index contributed by atoms with van der Waals surface area (Å²) < 4.78 is 40.4. The molecule has 0 bridgehead atoms. The zero-order valence-corrected chi connectivity index (χ0v) is 14.5. The molecule has 0 radical (unpaired) electrons. The van der Waals surface area contributed by atoms with E-state index in [1.165, 1.54) is 23.1 Å².